The second-order valence-corrected chi connectivity index (χ2v) is 8.36. The molecular weight excluding hydrogens is 300 g/mol. The lowest BCUT2D eigenvalue weighted by molar-refractivity contribution is -0.326. The fourth-order valence-electron chi connectivity index (χ4n) is 4.19. The molecule has 0 amide bonds. The van der Waals surface area contributed by atoms with Crippen LogP contribution in [0.2, 0.25) is 0 Å². The SMILES string of the molecule is COC(=O)CC1[C@H]2O[C@H]3[C@@H](OC(=O)C(C)(C)C)C[C@@]1(C)O[C@]23C. The van der Waals surface area contributed by atoms with Gasteiger partial charge in [-0.15, -0.1) is 0 Å². The van der Waals surface area contributed by atoms with Crippen molar-refractivity contribution in [1.82, 2.24) is 0 Å². The monoisotopic (exact) mass is 326 g/mol. The van der Waals surface area contributed by atoms with Crippen molar-refractivity contribution in [3.05, 3.63) is 0 Å². The molecule has 0 radical (unpaired) electrons. The van der Waals surface area contributed by atoms with Crippen molar-refractivity contribution in [2.24, 2.45) is 11.3 Å². The number of fused-ring (bicyclic) bond motifs is 1. The first kappa shape index (κ1) is 16.7. The van der Waals surface area contributed by atoms with Gasteiger partial charge in [0.2, 0.25) is 0 Å². The summed E-state index contributed by atoms with van der Waals surface area (Å²) in [5.41, 5.74) is -1.62. The first-order valence-corrected chi connectivity index (χ1v) is 8.15. The Morgan fingerprint density at radius 1 is 1.22 bits per heavy atom. The number of rotatable bonds is 3. The second kappa shape index (κ2) is 4.93. The first-order chi connectivity index (χ1) is 10.5. The van der Waals surface area contributed by atoms with Crippen LogP contribution in [0.3, 0.4) is 0 Å². The molecule has 2 bridgehead atoms. The fourth-order valence-corrected chi connectivity index (χ4v) is 4.19. The number of carbonyl (C=O) groups excluding carboxylic acids is 2. The van der Waals surface area contributed by atoms with Gasteiger partial charge in [-0.3, -0.25) is 9.59 Å². The molecule has 3 heterocycles. The molecule has 0 spiro atoms. The van der Waals surface area contributed by atoms with Gasteiger partial charge in [0.05, 0.1) is 30.7 Å². The summed E-state index contributed by atoms with van der Waals surface area (Å²) in [6, 6.07) is 0. The third kappa shape index (κ3) is 2.38. The predicted molar refractivity (Wildman–Crippen MR) is 80.6 cm³/mol. The van der Waals surface area contributed by atoms with E-state index in [4.69, 9.17) is 18.9 Å². The van der Waals surface area contributed by atoms with Gasteiger partial charge in [-0.05, 0) is 34.6 Å². The van der Waals surface area contributed by atoms with Crippen LogP contribution in [0.15, 0.2) is 0 Å². The molecule has 3 rings (SSSR count). The number of ether oxygens (including phenoxy) is 4. The Labute approximate surface area is 136 Å². The molecule has 6 heteroatoms. The lowest BCUT2D eigenvalue weighted by Gasteiger charge is -2.54. The summed E-state index contributed by atoms with van der Waals surface area (Å²) in [4.78, 5) is 24.0. The first-order valence-electron chi connectivity index (χ1n) is 8.15. The summed E-state index contributed by atoms with van der Waals surface area (Å²) >= 11 is 0. The van der Waals surface area contributed by atoms with Gasteiger partial charge in [-0.25, -0.2) is 0 Å². The lowest BCUT2D eigenvalue weighted by Crippen LogP contribution is -2.69. The van der Waals surface area contributed by atoms with Gasteiger partial charge in [0.1, 0.15) is 17.8 Å². The van der Waals surface area contributed by atoms with Crippen molar-refractivity contribution in [1.29, 1.82) is 0 Å². The van der Waals surface area contributed by atoms with E-state index in [2.05, 4.69) is 0 Å². The standard InChI is InChI=1S/C17H26O6/c1-15(2,3)14(19)21-10-8-16(4)9(7-11(18)20-6)12-17(5,23-16)13(10)22-12/h9-10,12-13H,7-8H2,1-6H3/t9?,10-,12+,13-,16+,17+/m0/s1. The normalized spacial score (nSPS) is 44.4. The van der Waals surface area contributed by atoms with Gasteiger partial charge >= 0.3 is 11.9 Å². The molecule has 130 valence electrons. The molecule has 3 aliphatic heterocycles. The minimum atomic E-state index is -0.562. The van der Waals surface area contributed by atoms with E-state index < -0.39 is 16.6 Å². The molecule has 0 aliphatic carbocycles. The topological polar surface area (TPSA) is 71.1 Å². The van der Waals surface area contributed by atoms with E-state index in [-0.39, 0.29) is 42.6 Å². The van der Waals surface area contributed by atoms with Gasteiger partial charge < -0.3 is 18.9 Å². The highest BCUT2D eigenvalue weighted by Crippen LogP contribution is 2.61. The third-order valence-electron chi connectivity index (χ3n) is 5.46. The molecule has 0 aromatic heterocycles. The van der Waals surface area contributed by atoms with E-state index in [1.807, 2.05) is 34.6 Å². The summed E-state index contributed by atoms with van der Waals surface area (Å²) < 4.78 is 22.8. The molecule has 0 saturated carbocycles. The summed E-state index contributed by atoms with van der Waals surface area (Å²) in [6.07, 6.45) is 0.0153. The average Bonchev–Trinajstić information content (AvgIpc) is 2.52. The van der Waals surface area contributed by atoms with Crippen LogP contribution in [0.25, 0.3) is 0 Å². The summed E-state index contributed by atoms with van der Waals surface area (Å²) in [7, 11) is 1.38. The van der Waals surface area contributed by atoms with Crippen molar-refractivity contribution in [2.45, 2.75) is 77.0 Å². The van der Waals surface area contributed by atoms with Gasteiger partial charge in [-0.2, -0.15) is 0 Å². The van der Waals surface area contributed by atoms with E-state index in [0.29, 0.717) is 6.42 Å². The smallest absolute Gasteiger partial charge is 0.311 e. The highest BCUT2D eigenvalue weighted by molar-refractivity contribution is 5.75. The summed E-state index contributed by atoms with van der Waals surface area (Å²) in [5, 5.41) is 0. The van der Waals surface area contributed by atoms with Crippen molar-refractivity contribution in [3.63, 3.8) is 0 Å². The minimum absolute atomic E-state index is 0.0884. The van der Waals surface area contributed by atoms with E-state index in [1.165, 1.54) is 7.11 Å². The molecule has 6 nitrogen and oxygen atoms in total. The molecule has 23 heavy (non-hydrogen) atoms. The quantitative estimate of drug-likeness (QED) is 0.737. The Morgan fingerprint density at radius 2 is 1.87 bits per heavy atom. The Balaban J connectivity index is 1.81. The van der Waals surface area contributed by atoms with Crippen LogP contribution in [0.5, 0.6) is 0 Å². The number of hydrogen-bond donors (Lipinski definition) is 0. The number of methoxy groups -OCH3 is 1. The highest BCUT2D eigenvalue weighted by Gasteiger charge is 2.75. The maximum Gasteiger partial charge on any atom is 0.311 e. The molecule has 0 aromatic carbocycles. The number of carbonyl (C=O) groups is 2. The largest absolute Gasteiger partial charge is 0.469 e. The molecule has 0 N–H and O–H groups in total. The van der Waals surface area contributed by atoms with Crippen molar-refractivity contribution in [3.8, 4) is 0 Å². The van der Waals surface area contributed by atoms with Crippen LogP contribution in [0.1, 0.15) is 47.5 Å². The maximum atomic E-state index is 12.3. The molecule has 6 atom stereocenters. The Hall–Kier alpha value is -1.14. The van der Waals surface area contributed by atoms with Crippen LogP contribution in [-0.2, 0) is 28.5 Å². The summed E-state index contributed by atoms with van der Waals surface area (Å²) in [5.74, 6) is -0.603. The Kier molecular flexibility index (Phi) is 3.58. The Bertz CT molecular complexity index is 538. The van der Waals surface area contributed by atoms with Crippen LogP contribution in [-0.4, -0.2) is 48.6 Å². The lowest BCUT2D eigenvalue weighted by atomic mass is 9.79. The van der Waals surface area contributed by atoms with Gasteiger partial charge in [0.25, 0.3) is 0 Å². The van der Waals surface area contributed by atoms with Crippen LogP contribution < -0.4 is 0 Å². The Morgan fingerprint density at radius 3 is 2.43 bits per heavy atom. The molecule has 0 aromatic rings. The van der Waals surface area contributed by atoms with Gasteiger partial charge in [0, 0.05) is 12.3 Å². The van der Waals surface area contributed by atoms with Crippen molar-refractivity contribution in [2.75, 3.05) is 7.11 Å². The second-order valence-electron chi connectivity index (χ2n) is 8.36. The molecule has 3 fully saturated rings. The van der Waals surface area contributed by atoms with E-state index in [0.717, 1.165) is 0 Å². The molecule has 3 aliphatic rings. The number of esters is 2. The summed E-state index contributed by atoms with van der Waals surface area (Å²) in [6.45, 7) is 9.45. The van der Waals surface area contributed by atoms with E-state index >= 15 is 0 Å². The van der Waals surface area contributed by atoms with Gasteiger partial charge in [0.15, 0.2) is 0 Å². The van der Waals surface area contributed by atoms with Crippen LogP contribution in [0, 0.1) is 11.3 Å². The number of hydrogen-bond acceptors (Lipinski definition) is 6. The minimum Gasteiger partial charge on any atom is -0.469 e. The highest BCUT2D eigenvalue weighted by atomic mass is 16.7. The van der Waals surface area contributed by atoms with Crippen LogP contribution in [0.4, 0.5) is 0 Å². The zero-order valence-electron chi connectivity index (χ0n) is 14.7. The van der Waals surface area contributed by atoms with Crippen LogP contribution >= 0.6 is 0 Å². The third-order valence-corrected chi connectivity index (χ3v) is 5.46. The molecular formula is C17H26O6. The predicted octanol–water partition coefficient (Wildman–Crippen LogP) is 1.84. The van der Waals surface area contributed by atoms with E-state index in [9.17, 15) is 9.59 Å². The van der Waals surface area contributed by atoms with Crippen molar-refractivity contribution >= 4 is 11.9 Å². The fraction of sp³-hybridized carbons (Fsp3) is 0.882. The zero-order valence-corrected chi connectivity index (χ0v) is 14.7. The van der Waals surface area contributed by atoms with Crippen molar-refractivity contribution < 1.29 is 28.5 Å². The molecule has 1 unspecified atom stereocenters. The van der Waals surface area contributed by atoms with Gasteiger partial charge in [-0.1, -0.05) is 0 Å². The maximum absolute atomic E-state index is 12.3. The average molecular weight is 326 g/mol. The molecule has 3 saturated heterocycles. The van der Waals surface area contributed by atoms with E-state index in [1.54, 1.807) is 0 Å². The zero-order chi connectivity index (χ0) is 17.2.